The largest absolute Gasteiger partial charge is 0.342 e. The number of hydrogen-bond donors (Lipinski definition) is 0. The second-order valence-electron chi connectivity index (χ2n) is 6.46. The normalized spacial score (nSPS) is 32.1. The van der Waals surface area contributed by atoms with Crippen molar-refractivity contribution in [1.29, 1.82) is 0 Å². The molecular weight excluding hydrogens is 290 g/mol. The number of fused-ring (bicyclic) bond motifs is 1. The summed E-state index contributed by atoms with van der Waals surface area (Å²) in [5.74, 6) is -0.0180. The van der Waals surface area contributed by atoms with Crippen LogP contribution in [0.3, 0.4) is 0 Å². The Bertz CT molecular complexity index is 508. The number of rotatable bonds is 2. The highest BCUT2D eigenvalue weighted by molar-refractivity contribution is 7.89. The molecule has 120 valence electrons. The van der Waals surface area contributed by atoms with Crippen molar-refractivity contribution in [3.63, 3.8) is 0 Å². The molecule has 3 saturated heterocycles. The molecule has 0 radical (unpaired) electrons. The molecule has 0 aromatic heterocycles. The molecule has 0 aromatic carbocycles. The maximum atomic E-state index is 12.9. The van der Waals surface area contributed by atoms with Gasteiger partial charge in [-0.25, -0.2) is 8.42 Å². The van der Waals surface area contributed by atoms with Gasteiger partial charge >= 0.3 is 0 Å². The molecule has 2 atom stereocenters. The van der Waals surface area contributed by atoms with Crippen molar-refractivity contribution in [2.45, 2.75) is 43.9 Å². The van der Waals surface area contributed by atoms with Crippen molar-refractivity contribution in [3.8, 4) is 0 Å². The van der Waals surface area contributed by atoms with Crippen LogP contribution in [0.5, 0.6) is 0 Å². The lowest BCUT2D eigenvalue weighted by atomic mass is 10.1. The number of piperidine rings is 1. The van der Waals surface area contributed by atoms with E-state index in [1.54, 1.807) is 9.21 Å². The molecule has 3 fully saturated rings. The number of hydrogen-bond acceptors (Lipinski definition) is 4. The Balaban J connectivity index is 1.69. The summed E-state index contributed by atoms with van der Waals surface area (Å²) in [5, 5.41) is -0.414. The fraction of sp³-hybridized carbons (Fsp3) is 0.929. The molecule has 3 heterocycles. The van der Waals surface area contributed by atoms with Crippen LogP contribution >= 0.6 is 0 Å². The Morgan fingerprint density at radius 2 is 1.76 bits per heavy atom. The highest BCUT2D eigenvalue weighted by atomic mass is 32.2. The van der Waals surface area contributed by atoms with Crippen LogP contribution in [-0.4, -0.2) is 79.0 Å². The van der Waals surface area contributed by atoms with E-state index in [-0.39, 0.29) is 5.91 Å². The topological polar surface area (TPSA) is 60.9 Å². The predicted octanol–water partition coefficient (Wildman–Crippen LogP) is 0.107. The Labute approximate surface area is 127 Å². The fourth-order valence-corrected chi connectivity index (χ4v) is 5.84. The molecule has 0 aromatic rings. The molecule has 0 aliphatic carbocycles. The van der Waals surface area contributed by atoms with Gasteiger partial charge in [-0.3, -0.25) is 9.69 Å². The van der Waals surface area contributed by atoms with Gasteiger partial charge in [0.05, 0.1) is 5.25 Å². The van der Waals surface area contributed by atoms with Crippen molar-refractivity contribution in [3.05, 3.63) is 0 Å². The smallest absolute Gasteiger partial charge is 0.219 e. The quantitative estimate of drug-likeness (QED) is 0.725. The Morgan fingerprint density at radius 1 is 1.00 bits per heavy atom. The van der Waals surface area contributed by atoms with Crippen LogP contribution in [0, 0.1) is 0 Å². The first-order chi connectivity index (χ1) is 9.98. The molecule has 6 nitrogen and oxygen atoms in total. The van der Waals surface area contributed by atoms with Crippen LogP contribution < -0.4 is 0 Å². The molecule has 1 amide bonds. The lowest BCUT2D eigenvalue weighted by molar-refractivity contribution is -0.129. The van der Waals surface area contributed by atoms with Crippen molar-refractivity contribution in [2.24, 2.45) is 0 Å². The minimum atomic E-state index is -3.28. The van der Waals surface area contributed by atoms with Crippen molar-refractivity contribution in [2.75, 3.05) is 39.3 Å². The highest BCUT2D eigenvalue weighted by Gasteiger charge is 2.40. The van der Waals surface area contributed by atoms with Crippen LogP contribution in [0.15, 0.2) is 0 Å². The van der Waals surface area contributed by atoms with E-state index in [2.05, 4.69) is 4.90 Å². The minimum Gasteiger partial charge on any atom is -0.342 e. The summed E-state index contributed by atoms with van der Waals surface area (Å²) in [6, 6.07) is 0.404. The van der Waals surface area contributed by atoms with E-state index in [4.69, 9.17) is 0 Å². The first-order valence-electron chi connectivity index (χ1n) is 7.97. The summed E-state index contributed by atoms with van der Waals surface area (Å²) in [4.78, 5) is 15.6. The lowest BCUT2D eigenvalue weighted by Gasteiger charge is -2.40. The number of carbonyl (C=O) groups is 1. The van der Waals surface area contributed by atoms with Crippen molar-refractivity contribution < 1.29 is 13.2 Å². The second-order valence-corrected chi connectivity index (χ2v) is 8.68. The zero-order valence-corrected chi connectivity index (χ0v) is 13.5. The molecule has 0 N–H and O–H groups in total. The summed E-state index contributed by atoms with van der Waals surface area (Å²) in [6.45, 7) is 5.79. The van der Waals surface area contributed by atoms with Gasteiger partial charge < -0.3 is 4.90 Å². The first kappa shape index (κ1) is 15.2. The average Bonchev–Trinajstić information content (AvgIpc) is 2.94. The van der Waals surface area contributed by atoms with Gasteiger partial charge in [0.2, 0.25) is 15.9 Å². The van der Waals surface area contributed by atoms with Crippen LogP contribution in [0.1, 0.15) is 32.6 Å². The number of likely N-dealkylation sites (tertiary alicyclic amines) is 1. The third-order valence-electron chi connectivity index (χ3n) is 5.15. The van der Waals surface area contributed by atoms with Crippen molar-refractivity contribution >= 4 is 15.9 Å². The van der Waals surface area contributed by atoms with Crippen LogP contribution in [-0.2, 0) is 14.8 Å². The van der Waals surface area contributed by atoms with Gasteiger partial charge in [-0.2, -0.15) is 4.31 Å². The van der Waals surface area contributed by atoms with E-state index in [0.717, 1.165) is 25.9 Å². The summed E-state index contributed by atoms with van der Waals surface area (Å²) < 4.78 is 27.4. The number of sulfonamides is 1. The van der Waals surface area contributed by atoms with Crippen LogP contribution in [0.2, 0.25) is 0 Å². The summed E-state index contributed by atoms with van der Waals surface area (Å²) in [5.41, 5.74) is 0. The van der Waals surface area contributed by atoms with E-state index in [1.165, 1.54) is 13.3 Å². The number of carbonyl (C=O) groups excluding carboxylic acids is 1. The zero-order chi connectivity index (χ0) is 15.0. The number of nitrogens with zero attached hydrogens (tertiary/aromatic N) is 3. The summed E-state index contributed by atoms with van der Waals surface area (Å²) in [7, 11) is -3.28. The Hall–Kier alpha value is -0.660. The van der Waals surface area contributed by atoms with Gasteiger partial charge in [-0.05, 0) is 32.2 Å². The van der Waals surface area contributed by atoms with Crippen molar-refractivity contribution in [1.82, 2.24) is 14.1 Å². The van der Waals surface area contributed by atoms with Gasteiger partial charge in [0, 0.05) is 45.7 Å². The maximum Gasteiger partial charge on any atom is 0.219 e. The van der Waals surface area contributed by atoms with E-state index in [9.17, 15) is 13.2 Å². The van der Waals surface area contributed by atoms with Gasteiger partial charge in [0.25, 0.3) is 0 Å². The Morgan fingerprint density at radius 3 is 2.52 bits per heavy atom. The molecule has 3 aliphatic heterocycles. The highest BCUT2D eigenvalue weighted by Crippen LogP contribution is 2.27. The average molecular weight is 315 g/mol. The molecule has 0 saturated carbocycles. The number of amides is 1. The third-order valence-corrected chi connectivity index (χ3v) is 7.43. The second kappa shape index (κ2) is 5.85. The van der Waals surface area contributed by atoms with E-state index >= 15 is 0 Å². The fourth-order valence-electron chi connectivity index (χ4n) is 3.87. The predicted molar refractivity (Wildman–Crippen MR) is 80.4 cm³/mol. The maximum absolute atomic E-state index is 12.9. The standard InChI is InChI=1S/C14H25N3O3S/c1-12(18)16-7-3-5-14(11-16)21(19,20)17-9-8-15-6-2-4-13(15)10-17/h13-14H,2-11H2,1H3/t13-,14-/m1/s1. The van der Waals surface area contributed by atoms with Crippen LogP contribution in [0.25, 0.3) is 0 Å². The summed E-state index contributed by atoms with van der Waals surface area (Å²) in [6.07, 6.45) is 3.75. The molecular formula is C14H25N3O3S. The SMILES string of the molecule is CC(=O)N1CCC[C@@H](S(=O)(=O)N2CCN3CCC[C@@H]3C2)C1. The third kappa shape index (κ3) is 2.96. The van der Waals surface area contributed by atoms with Gasteiger partial charge in [0.1, 0.15) is 0 Å². The van der Waals surface area contributed by atoms with E-state index in [1.807, 2.05) is 0 Å². The minimum absolute atomic E-state index is 0.0180. The van der Waals surface area contributed by atoms with E-state index < -0.39 is 15.3 Å². The molecule has 0 bridgehead atoms. The van der Waals surface area contributed by atoms with Gasteiger partial charge in [-0.15, -0.1) is 0 Å². The van der Waals surface area contributed by atoms with E-state index in [0.29, 0.717) is 38.6 Å². The molecule has 21 heavy (non-hydrogen) atoms. The molecule has 3 rings (SSSR count). The van der Waals surface area contributed by atoms with Gasteiger partial charge in [0.15, 0.2) is 0 Å². The zero-order valence-electron chi connectivity index (χ0n) is 12.7. The lowest BCUT2D eigenvalue weighted by Crippen LogP contribution is -2.56. The molecule has 7 heteroatoms. The molecule has 0 spiro atoms. The monoisotopic (exact) mass is 315 g/mol. The summed E-state index contributed by atoms with van der Waals surface area (Å²) >= 11 is 0. The molecule has 0 unspecified atom stereocenters. The first-order valence-corrected chi connectivity index (χ1v) is 9.47. The Kier molecular flexibility index (Phi) is 4.25. The molecule has 3 aliphatic rings. The van der Waals surface area contributed by atoms with Gasteiger partial charge in [-0.1, -0.05) is 0 Å². The number of piperazine rings is 1. The van der Waals surface area contributed by atoms with Crippen LogP contribution in [0.4, 0.5) is 0 Å².